The molecular weight excluding hydrogens is 474 g/mol. The highest BCUT2D eigenvalue weighted by Crippen LogP contribution is 2.25. The van der Waals surface area contributed by atoms with Gasteiger partial charge in [0, 0.05) is 35.9 Å². The highest BCUT2D eigenvalue weighted by molar-refractivity contribution is 14.0. The van der Waals surface area contributed by atoms with Gasteiger partial charge in [0.2, 0.25) is 5.88 Å². The van der Waals surface area contributed by atoms with Crippen LogP contribution in [0.1, 0.15) is 24.1 Å². The number of aliphatic imine (C=N–C) groups is 1. The molecule has 136 valence electrons. The molecule has 0 fully saturated rings. The molecule has 2 aromatic rings. The van der Waals surface area contributed by atoms with E-state index in [4.69, 9.17) is 27.9 Å². The van der Waals surface area contributed by atoms with Crippen molar-refractivity contribution in [3.63, 3.8) is 0 Å². The van der Waals surface area contributed by atoms with E-state index in [9.17, 15) is 0 Å². The van der Waals surface area contributed by atoms with Crippen LogP contribution in [0.2, 0.25) is 10.0 Å². The van der Waals surface area contributed by atoms with Crippen molar-refractivity contribution in [2.45, 2.75) is 19.5 Å². The van der Waals surface area contributed by atoms with Crippen molar-refractivity contribution >= 4 is 53.1 Å². The second kappa shape index (κ2) is 10.7. The Morgan fingerprint density at radius 2 is 2.04 bits per heavy atom. The average molecular weight is 495 g/mol. The number of hydrogen-bond acceptors (Lipinski definition) is 3. The number of hydrogen-bond donors (Lipinski definition) is 2. The van der Waals surface area contributed by atoms with E-state index in [2.05, 4.69) is 20.6 Å². The van der Waals surface area contributed by atoms with Gasteiger partial charge in [-0.25, -0.2) is 4.98 Å². The number of aromatic nitrogens is 1. The molecule has 2 N–H and O–H groups in total. The molecule has 5 nitrogen and oxygen atoms in total. The van der Waals surface area contributed by atoms with Gasteiger partial charge in [0.1, 0.15) is 0 Å². The van der Waals surface area contributed by atoms with Crippen molar-refractivity contribution < 1.29 is 4.74 Å². The minimum absolute atomic E-state index is 0. The summed E-state index contributed by atoms with van der Waals surface area (Å²) in [4.78, 5) is 8.41. The van der Waals surface area contributed by atoms with Crippen LogP contribution >= 0.6 is 47.2 Å². The van der Waals surface area contributed by atoms with E-state index in [1.54, 1.807) is 26.4 Å². The maximum Gasteiger partial charge on any atom is 0.212 e. The van der Waals surface area contributed by atoms with Crippen molar-refractivity contribution in [1.29, 1.82) is 0 Å². The number of pyridine rings is 1. The second-order valence-corrected chi connectivity index (χ2v) is 6.01. The molecule has 1 aromatic carbocycles. The van der Waals surface area contributed by atoms with Crippen LogP contribution in [-0.4, -0.2) is 25.1 Å². The number of nitrogens with one attached hydrogen (secondary N) is 2. The first kappa shape index (κ1) is 21.8. The normalized spacial score (nSPS) is 12.1. The Hall–Kier alpha value is -1.25. The van der Waals surface area contributed by atoms with E-state index < -0.39 is 0 Å². The molecular formula is C17H21Cl2IN4O. The lowest BCUT2D eigenvalue weighted by Gasteiger charge is -2.19. The van der Waals surface area contributed by atoms with E-state index in [-0.39, 0.29) is 30.0 Å². The van der Waals surface area contributed by atoms with Gasteiger partial charge in [0.25, 0.3) is 0 Å². The molecule has 0 saturated carbocycles. The maximum absolute atomic E-state index is 6.25. The van der Waals surface area contributed by atoms with Gasteiger partial charge >= 0.3 is 0 Å². The summed E-state index contributed by atoms with van der Waals surface area (Å²) in [7, 11) is 3.31. The van der Waals surface area contributed by atoms with Crippen molar-refractivity contribution in [3.05, 3.63) is 57.7 Å². The number of ether oxygens (including phenoxy) is 1. The fourth-order valence-corrected chi connectivity index (χ4v) is 2.72. The van der Waals surface area contributed by atoms with E-state index in [0.29, 0.717) is 28.4 Å². The quantitative estimate of drug-likeness (QED) is 0.366. The lowest BCUT2D eigenvalue weighted by Crippen LogP contribution is -2.38. The number of benzene rings is 1. The van der Waals surface area contributed by atoms with Crippen molar-refractivity contribution in [2.75, 3.05) is 14.2 Å². The lowest BCUT2D eigenvalue weighted by atomic mass is 10.1. The Morgan fingerprint density at radius 1 is 1.28 bits per heavy atom. The highest BCUT2D eigenvalue weighted by atomic mass is 127. The number of guanidine groups is 1. The predicted octanol–water partition coefficient (Wildman–Crippen LogP) is 4.44. The Bertz CT molecular complexity index is 710. The van der Waals surface area contributed by atoms with Gasteiger partial charge < -0.3 is 15.4 Å². The summed E-state index contributed by atoms with van der Waals surface area (Å²) in [6.45, 7) is 2.61. The van der Waals surface area contributed by atoms with Crippen molar-refractivity contribution in [3.8, 4) is 5.88 Å². The summed E-state index contributed by atoms with van der Waals surface area (Å²) in [6.07, 6.45) is 1.76. The van der Waals surface area contributed by atoms with E-state index in [1.165, 1.54) is 0 Å². The molecule has 1 unspecified atom stereocenters. The van der Waals surface area contributed by atoms with Crippen LogP contribution < -0.4 is 15.4 Å². The summed E-state index contributed by atoms with van der Waals surface area (Å²) in [5.74, 6) is 1.26. The largest absolute Gasteiger partial charge is 0.481 e. The average Bonchev–Trinajstić information content (AvgIpc) is 2.58. The second-order valence-electron chi connectivity index (χ2n) is 5.17. The third-order valence-corrected chi connectivity index (χ3v) is 4.03. The number of methoxy groups -OCH3 is 1. The smallest absolute Gasteiger partial charge is 0.212 e. The van der Waals surface area contributed by atoms with E-state index in [1.807, 2.05) is 31.2 Å². The topological polar surface area (TPSA) is 58.5 Å². The fourth-order valence-electron chi connectivity index (χ4n) is 2.15. The van der Waals surface area contributed by atoms with Crippen LogP contribution in [0, 0.1) is 0 Å². The van der Waals surface area contributed by atoms with Gasteiger partial charge in [-0.3, -0.25) is 4.99 Å². The molecule has 0 aliphatic heterocycles. The number of nitrogens with zero attached hydrogens (tertiary/aromatic N) is 2. The van der Waals surface area contributed by atoms with Gasteiger partial charge in [0.15, 0.2) is 5.96 Å². The fraction of sp³-hybridized carbons (Fsp3) is 0.294. The minimum atomic E-state index is -0.0186. The van der Waals surface area contributed by atoms with Gasteiger partial charge in [-0.1, -0.05) is 35.3 Å². The molecule has 1 heterocycles. The molecule has 25 heavy (non-hydrogen) atoms. The van der Waals surface area contributed by atoms with Gasteiger partial charge in [-0.15, -0.1) is 24.0 Å². The lowest BCUT2D eigenvalue weighted by molar-refractivity contribution is 0.397. The minimum Gasteiger partial charge on any atom is -0.481 e. The number of rotatable bonds is 5. The molecule has 8 heteroatoms. The zero-order chi connectivity index (χ0) is 17.5. The molecule has 0 bridgehead atoms. The molecule has 0 amide bonds. The molecule has 0 spiro atoms. The van der Waals surface area contributed by atoms with Gasteiger partial charge in [-0.05, 0) is 30.2 Å². The predicted molar refractivity (Wildman–Crippen MR) is 114 cm³/mol. The van der Waals surface area contributed by atoms with Crippen LogP contribution in [0.4, 0.5) is 0 Å². The summed E-state index contributed by atoms with van der Waals surface area (Å²) >= 11 is 12.2. The third-order valence-electron chi connectivity index (χ3n) is 3.47. The third kappa shape index (κ3) is 6.52. The molecule has 1 aromatic heterocycles. The molecule has 2 rings (SSSR count). The van der Waals surface area contributed by atoms with Crippen molar-refractivity contribution in [2.24, 2.45) is 4.99 Å². The van der Waals surface area contributed by atoms with Crippen LogP contribution in [0.5, 0.6) is 5.88 Å². The van der Waals surface area contributed by atoms with Crippen LogP contribution in [0.25, 0.3) is 0 Å². The Balaban J connectivity index is 0.00000312. The highest BCUT2D eigenvalue weighted by Gasteiger charge is 2.11. The zero-order valence-corrected chi connectivity index (χ0v) is 18.1. The van der Waals surface area contributed by atoms with E-state index in [0.717, 1.165) is 11.1 Å². The number of halogens is 3. The standard InChI is InChI=1S/C17H20Cl2N4O.HI/c1-11(14-6-5-13(18)8-15(14)19)23-17(20-2)22-10-12-4-7-16(24-3)21-9-12;/h4-9,11H,10H2,1-3H3,(H2,20,22,23);1H. The summed E-state index contributed by atoms with van der Waals surface area (Å²) < 4.78 is 5.05. The Morgan fingerprint density at radius 3 is 2.60 bits per heavy atom. The first-order valence-corrected chi connectivity index (χ1v) is 8.20. The summed E-state index contributed by atoms with van der Waals surface area (Å²) in [5.41, 5.74) is 1.98. The zero-order valence-electron chi connectivity index (χ0n) is 14.2. The van der Waals surface area contributed by atoms with Crippen molar-refractivity contribution in [1.82, 2.24) is 15.6 Å². The van der Waals surface area contributed by atoms with Gasteiger partial charge in [0.05, 0.1) is 13.2 Å². The van der Waals surface area contributed by atoms with Crippen LogP contribution in [0.3, 0.4) is 0 Å². The Kier molecular flexibility index (Phi) is 9.31. The molecule has 0 aliphatic rings. The monoisotopic (exact) mass is 494 g/mol. The molecule has 0 saturated heterocycles. The Labute approximate surface area is 175 Å². The molecule has 1 atom stereocenters. The van der Waals surface area contributed by atoms with Gasteiger partial charge in [-0.2, -0.15) is 0 Å². The molecule has 0 aliphatic carbocycles. The van der Waals surface area contributed by atoms with Crippen LogP contribution in [-0.2, 0) is 6.54 Å². The molecule has 0 radical (unpaired) electrons. The maximum atomic E-state index is 6.25. The van der Waals surface area contributed by atoms with E-state index >= 15 is 0 Å². The SMILES string of the molecule is CN=C(NCc1ccc(OC)nc1)NC(C)c1ccc(Cl)cc1Cl.I. The summed E-state index contributed by atoms with van der Waals surface area (Å²) in [5, 5.41) is 7.78. The first-order valence-electron chi connectivity index (χ1n) is 7.44. The van der Waals surface area contributed by atoms with Crippen LogP contribution in [0.15, 0.2) is 41.5 Å². The summed E-state index contributed by atoms with van der Waals surface area (Å²) in [6, 6.07) is 9.21. The first-order chi connectivity index (χ1) is 11.5.